The van der Waals surface area contributed by atoms with E-state index in [1.807, 2.05) is 12.2 Å². The van der Waals surface area contributed by atoms with Crippen LogP contribution in [-0.2, 0) is 14.4 Å². The zero-order chi connectivity index (χ0) is 20.8. The lowest BCUT2D eigenvalue weighted by molar-refractivity contribution is -0.144. The van der Waals surface area contributed by atoms with E-state index in [0.717, 1.165) is 6.42 Å². The first-order valence-corrected chi connectivity index (χ1v) is 10.0. The van der Waals surface area contributed by atoms with E-state index in [9.17, 15) is 18.8 Å². The fraction of sp³-hybridized carbons (Fsp3) is 0.304. The largest absolute Gasteiger partial charge is 0.311 e. The molecule has 2 aliphatic carbocycles. The molecule has 0 spiro atoms. The summed E-state index contributed by atoms with van der Waals surface area (Å²) in [6.07, 6.45) is 6.33. The zero-order valence-electron chi connectivity index (χ0n) is 16.1. The average molecular weight is 405 g/mol. The summed E-state index contributed by atoms with van der Waals surface area (Å²) in [5.41, 5.74) is 0.551. The maximum Gasteiger partial charge on any atom is 0.234 e. The quantitative estimate of drug-likeness (QED) is 0.612. The Bertz CT molecular complexity index is 1010. The van der Waals surface area contributed by atoms with Gasteiger partial charge in [0.1, 0.15) is 11.6 Å². The van der Waals surface area contributed by atoms with Crippen molar-refractivity contribution in [3.05, 3.63) is 72.2 Å². The van der Waals surface area contributed by atoms with Gasteiger partial charge >= 0.3 is 0 Å². The molecule has 5 atom stereocenters. The lowest BCUT2D eigenvalue weighted by atomic mass is 9.85. The number of imide groups is 1. The maximum absolute atomic E-state index is 13.5. The Morgan fingerprint density at radius 3 is 2.33 bits per heavy atom. The number of fused-ring (bicyclic) bond motifs is 5. The second-order valence-electron chi connectivity index (χ2n) is 8.08. The van der Waals surface area contributed by atoms with Gasteiger partial charge in [0.05, 0.1) is 24.3 Å². The number of nitrogens with one attached hydrogen (secondary N) is 1. The SMILES string of the molecule is O=C(CC(c1ccc(F)cc1)N1C(=O)C2C3C=CC(C3)C2C1=O)Nc1ccccn1. The van der Waals surface area contributed by atoms with Gasteiger partial charge in [0.25, 0.3) is 0 Å². The summed E-state index contributed by atoms with van der Waals surface area (Å²) in [6.45, 7) is 0. The van der Waals surface area contributed by atoms with E-state index in [4.69, 9.17) is 0 Å². The smallest absolute Gasteiger partial charge is 0.234 e. The molecule has 3 amide bonds. The minimum Gasteiger partial charge on any atom is -0.311 e. The molecule has 2 fully saturated rings. The molecule has 2 bridgehead atoms. The first-order valence-electron chi connectivity index (χ1n) is 10.0. The fourth-order valence-corrected chi connectivity index (χ4v) is 5.08. The van der Waals surface area contributed by atoms with E-state index in [2.05, 4.69) is 10.3 Å². The molecule has 30 heavy (non-hydrogen) atoms. The van der Waals surface area contributed by atoms with Crippen LogP contribution in [0.15, 0.2) is 60.8 Å². The molecule has 5 unspecified atom stereocenters. The van der Waals surface area contributed by atoms with Gasteiger partial charge in [-0.15, -0.1) is 0 Å². The van der Waals surface area contributed by atoms with Crippen molar-refractivity contribution in [2.24, 2.45) is 23.7 Å². The number of rotatable bonds is 5. The van der Waals surface area contributed by atoms with Gasteiger partial charge in [-0.1, -0.05) is 30.4 Å². The van der Waals surface area contributed by atoms with Crippen LogP contribution in [0.3, 0.4) is 0 Å². The zero-order valence-corrected chi connectivity index (χ0v) is 16.1. The third-order valence-corrected chi connectivity index (χ3v) is 6.38. The van der Waals surface area contributed by atoms with E-state index < -0.39 is 11.9 Å². The van der Waals surface area contributed by atoms with E-state index in [1.54, 1.807) is 24.4 Å². The predicted molar refractivity (Wildman–Crippen MR) is 106 cm³/mol. The van der Waals surface area contributed by atoms with Crippen LogP contribution in [0.4, 0.5) is 10.2 Å². The normalized spacial score (nSPS) is 27.4. The topological polar surface area (TPSA) is 79.4 Å². The third-order valence-electron chi connectivity index (χ3n) is 6.38. The van der Waals surface area contributed by atoms with Gasteiger partial charge in [-0.25, -0.2) is 9.37 Å². The summed E-state index contributed by atoms with van der Waals surface area (Å²) >= 11 is 0. The van der Waals surface area contributed by atoms with Crippen molar-refractivity contribution in [2.45, 2.75) is 18.9 Å². The number of pyridine rings is 1. The molecular weight excluding hydrogens is 385 g/mol. The molecule has 7 heteroatoms. The van der Waals surface area contributed by atoms with E-state index in [1.165, 1.54) is 29.2 Å². The van der Waals surface area contributed by atoms with Crippen LogP contribution >= 0.6 is 0 Å². The summed E-state index contributed by atoms with van der Waals surface area (Å²) < 4.78 is 13.5. The molecule has 1 aromatic heterocycles. The van der Waals surface area contributed by atoms with Crippen molar-refractivity contribution in [3.8, 4) is 0 Å². The Balaban J connectivity index is 1.44. The highest BCUT2D eigenvalue weighted by Crippen LogP contribution is 2.54. The van der Waals surface area contributed by atoms with Crippen molar-refractivity contribution in [1.82, 2.24) is 9.88 Å². The van der Waals surface area contributed by atoms with Crippen LogP contribution in [0.1, 0.15) is 24.4 Å². The highest BCUT2D eigenvalue weighted by Gasteiger charge is 2.60. The number of allylic oxidation sites excluding steroid dienone is 2. The summed E-state index contributed by atoms with van der Waals surface area (Å²) in [7, 11) is 0. The number of anilines is 1. The maximum atomic E-state index is 13.5. The van der Waals surface area contributed by atoms with Gasteiger partial charge in [-0.05, 0) is 48.1 Å². The highest BCUT2D eigenvalue weighted by atomic mass is 19.1. The minimum atomic E-state index is -0.792. The minimum absolute atomic E-state index is 0.0812. The summed E-state index contributed by atoms with van der Waals surface area (Å²) in [5.74, 6) is -1.42. The van der Waals surface area contributed by atoms with Gasteiger partial charge in [-0.2, -0.15) is 0 Å². The van der Waals surface area contributed by atoms with Crippen molar-refractivity contribution < 1.29 is 18.8 Å². The number of halogens is 1. The van der Waals surface area contributed by atoms with Gasteiger partial charge in [-0.3, -0.25) is 19.3 Å². The van der Waals surface area contributed by atoms with Crippen molar-refractivity contribution >= 4 is 23.5 Å². The first-order chi connectivity index (χ1) is 14.5. The van der Waals surface area contributed by atoms with Crippen molar-refractivity contribution in [2.75, 3.05) is 5.32 Å². The van der Waals surface area contributed by atoms with Crippen LogP contribution in [0.5, 0.6) is 0 Å². The molecule has 3 aliphatic rings. The Kier molecular flexibility index (Phi) is 4.46. The molecule has 1 saturated carbocycles. The number of likely N-dealkylation sites (tertiary alicyclic amines) is 1. The number of nitrogens with zero attached hydrogens (tertiary/aromatic N) is 2. The van der Waals surface area contributed by atoms with E-state index >= 15 is 0 Å². The Labute approximate surface area is 172 Å². The van der Waals surface area contributed by atoms with Gasteiger partial charge in [0, 0.05) is 6.20 Å². The Hall–Kier alpha value is -3.35. The first kappa shape index (κ1) is 18.7. The molecule has 2 heterocycles. The number of carbonyl (C=O) groups excluding carboxylic acids is 3. The number of hydrogen-bond donors (Lipinski definition) is 1. The average Bonchev–Trinajstić information content (AvgIpc) is 3.42. The molecule has 1 aromatic carbocycles. The van der Waals surface area contributed by atoms with Gasteiger partial charge < -0.3 is 5.32 Å². The van der Waals surface area contributed by atoms with Crippen LogP contribution in [0.2, 0.25) is 0 Å². The molecule has 2 aromatic rings. The number of aromatic nitrogens is 1. The van der Waals surface area contributed by atoms with Gasteiger partial charge in [0.2, 0.25) is 17.7 Å². The van der Waals surface area contributed by atoms with Crippen LogP contribution in [0, 0.1) is 29.5 Å². The lowest BCUT2D eigenvalue weighted by Gasteiger charge is -2.28. The van der Waals surface area contributed by atoms with Crippen LogP contribution in [0.25, 0.3) is 0 Å². The molecule has 6 nitrogen and oxygen atoms in total. The highest BCUT2D eigenvalue weighted by molar-refractivity contribution is 6.07. The Morgan fingerprint density at radius 1 is 1.07 bits per heavy atom. The number of benzene rings is 1. The second-order valence-corrected chi connectivity index (χ2v) is 8.08. The molecule has 1 saturated heterocycles. The molecule has 5 rings (SSSR count). The van der Waals surface area contributed by atoms with Crippen LogP contribution < -0.4 is 5.32 Å². The molecular formula is C23H20FN3O3. The molecule has 152 valence electrons. The fourth-order valence-electron chi connectivity index (χ4n) is 5.08. The van der Waals surface area contributed by atoms with Crippen molar-refractivity contribution in [1.29, 1.82) is 0 Å². The number of hydrogen-bond acceptors (Lipinski definition) is 4. The second kappa shape index (κ2) is 7.16. The summed E-state index contributed by atoms with van der Waals surface area (Å²) in [4.78, 5) is 44.6. The Morgan fingerprint density at radius 2 is 1.73 bits per heavy atom. The predicted octanol–water partition coefficient (Wildman–Crippen LogP) is 3.10. The van der Waals surface area contributed by atoms with Crippen LogP contribution in [-0.4, -0.2) is 27.6 Å². The summed E-state index contributed by atoms with van der Waals surface area (Å²) in [6, 6.07) is 9.94. The monoisotopic (exact) mass is 405 g/mol. The summed E-state index contributed by atoms with van der Waals surface area (Å²) in [5, 5.41) is 2.70. The lowest BCUT2D eigenvalue weighted by Crippen LogP contribution is -2.38. The third kappa shape index (κ3) is 3.01. The van der Waals surface area contributed by atoms with E-state index in [0.29, 0.717) is 11.4 Å². The standard InChI is InChI=1S/C23H20FN3O3/c24-16-8-6-13(7-9-16)17(12-19(28)26-18-3-1-2-10-25-18)27-22(29)20-14-4-5-15(11-14)21(20)23(27)30/h1-10,14-15,17,20-21H,11-12H2,(H,25,26,28). The number of carbonyl (C=O) groups is 3. The molecule has 1 aliphatic heterocycles. The molecule has 1 N–H and O–H groups in total. The van der Waals surface area contributed by atoms with Crippen molar-refractivity contribution in [3.63, 3.8) is 0 Å². The van der Waals surface area contributed by atoms with Gasteiger partial charge in [0.15, 0.2) is 0 Å². The number of amides is 3. The molecule has 0 radical (unpaired) electrons. The van der Waals surface area contributed by atoms with E-state index in [-0.39, 0.29) is 47.8 Å².